The van der Waals surface area contributed by atoms with E-state index in [0.717, 1.165) is 19.4 Å². The van der Waals surface area contributed by atoms with E-state index in [9.17, 15) is 49.8 Å². The molecule has 16 heteroatoms. The van der Waals surface area contributed by atoms with Gasteiger partial charge in [0.15, 0.2) is 0 Å². The first-order valence-electron chi connectivity index (χ1n) is 13.4. The van der Waals surface area contributed by atoms with Gasteiger partial charge in [0, 0.05) is 35.5 Å². The molecular formula is C30H24F8N4O4. The van der Waals surface area contributed by atoms with Crippen LogP contribution >= 0.6 is 0 Å². The Morgan fingerprint density at radius 3 is 2.22 bits per heavy atom. The average Bonchev–Trinajstić information content (AvgIpc) is 2.97. The highest BCUT2D eigenvalue weighted by Gasteiger charge is 2.40. The van der Waals surface area contributed by atoms with Crippen molar-refractivity contribution in [3.8, 4) is 17.0 Å². The number of alkyl halides is 6. The fourth-order valence-corrected chi connectivity index (χ4v) is 4.83. The SMILES string of the molecule is CC[C@@H](Nc1cc(F)c(C(=O)N[C@@H](Cc2ccc(-c3nccc(OC)c3C(F)(F)F)c3ncccc23)C(=O)O)c(F)c1)C(F)(F)F. The molecule has 0 unspecified atom stereocenters. The number of hydrogen-bond donors (Lipinski definition) is 3. The van der Waals surface area contributed by atoms with E-state index in [4.69, 9.17) is 4.74 Å². The number of benzene rings is 2. The number of anilines is 1. The monoisotopic (exact) mass is 656 g/mol. The Hall–Kier alpha value is -5.02. The minimum absolute atomic E-state index is 0.00568. The van der Waals surface area contributed by atoms with Gasteiger partial charge in [0.2, 0.25) is 0 Å². The van der Waals surface area contributed by atoms with Crippen molar-refractivity contribution < 1.29 is 54.6 Å². The fourth-order valence-electron chi connectivity index (χ4n) is 4.83. The average molecular weight is 657 g/mol. The van der Waals surface area contributed by atoms with Crippen LogP contribution in [-0.2, 0) is 17.4 Å². The predicted octanol–water partition coefficient (Wildman–Crippen LogP) is 6.78. The molecule has 0 saturated heterocycles. The number of aromatic nitrogens is 2. The van der Waals surface area contributed by atoms with E-state index in [1.165, 1.54) is 37.4 Å². The Labute approximate surface area is 255 Å². The molecule has 0 radical (unpaired) electrons. The summed E-state index contributed by atoms with van der Waals surface area (Å²) in [5.74, 6) is -6.73. The van der Waals surface area contributed by atoms with Gasteiger partial charge in [-0.15, -0.1) is 0 Å². The first-order valence-corrected chi connectivity index (χ1v) is 13.4. The molecule has 46 heavy (non-hydrogen) atoms. The van der Waals surface area contributed by atoms with Crippen LogP contribution in [-0.4, -0.2) is 52.3 Å². The van der Waals surface area contributed by atoms with E-state index in [1.54, 1.807) is 0 Å². The number of carbonyl (C=O) groups excluding carboxylic acids is 1. The fraction of sp³-hybridized carbons (Fsp3) is 0.267. The van der Waals surface area contributed by atoms with Crippen molar-refractivity contribution in [2.45, 2.75) is 44.2 Å². The first kappa shape index (κ1) is 33.9. The number of amides is 1. The maximum atomic E-state index is 14.8. The molecule has 0 aliphatic heterocycles. The molecule has 0 fully saturated rings. The van der Waals surface area contributed by atoms with Gasteiger partial charge < -0.3 is 20.5 Å². The minimum atomic E-state index is -4.87. The van der Waals surface area contributed by atoms with Crippen LogP contribution in [0, 0.1) is 11.6 Å². The van der Waals surface area contributed by atoms with Gasteiger partial charge >= 0.3 is 18.3 Å². The smallest absolute Gasteiger partial charge is 0.422 e. The molecule has 0 saturated carbocycles. The maximum Gasteiger partial charge on any atom is 0.422 e. The lowest BCUT2D eigenvalue weighted by molar-refractivity contribution is -0.143. The topological polar surface area (TPSA) is 113 Å². The van der Waals surface area contributed by atoms with E-state index in [1.807, 2.05) is 10.6 Å². The lowest BCUT2D eigenvalue weighted by atomic mass is 9.95. The summed E-state index contributed by atoms with van der Waals surface area (Å²) in [6.45, 7) is 1.20. The van der Waals surface area contributed by atoms with Crippen molar-refractivity contribution >= 4 is 28.5 Å². The number of rotatable bonds is 10. The summed E-state index contributed by atoms with van der Waals surface area (Å²) in [6.07, 6.45) is -8.16. The third-order valence-corrected chi connectivity index (χ3v) is 6.97. The standard InChI is InChI=1S/C30H24F8N4O4/c1-3-22(29(33,34)35)41-15-12-18(31)23(19(32)13-15)27(43)42-20(28(44)45)11-14-6-7-17(25-16(14)5-4-9-39-25)26-24(30(36,37)38)21(46-2)8-10-40-26/h4-10,12-13,20,22,41H,3,11H2,1-2H3,(H,42,43)(H,44,45)/t20-,22+/m0/s1. The number of carboxylic acids is 1. The molecule has 3 N–H and O–H groups in total. The molecule has 0 bridgehead atoms. The van der Waals surface area contributed by atoms with Gasteiger partial charge in [0.25, 0.3) is 5.91 Å². The van der Waals surface area contributed by atoms with Gasteiger partial charge in [-0.2, -0.15) is 26.3 Å². The van der Waals surface area contributed by atoms with Crippen molar-refractivity contribution in [3.05, 3.63) is 83.2 Å². The van der Waals surface area contributed by atoms with E-state index >= 15 is 0 Å². The molecule has 4 rings (SSSR count). The lowest BCUT2D eigenvalue weighted by Crippen LogP contribution is -2.43. The summed E-state index contributed by atoms with van der Waals surface area (Å²) < 4.78 is 116. The number of aliphatic carboxylic acids is 1. The van der Waals surface area contributed by atoms with Gasteiger partial charge in [0.05, 0.1) is 18.3 Å². The molecule has 2 aromatic carbocycles. The normalized spacial score (nSPS) is 13.3. The Morgan fingerprint density at radius 1 is 0.978 bits per heavy atom. The van der Waals surface area contributed by atoms with Crippen molar-refractivity contribution in [1.29, 1.82) is 0 Å². The number of carbonyl (C=O) groups is 2. The molecule has 2 aromatic heterocycles. The van der Waals surface area contributed by atoms with Crippen LogP contribution in [0.25, 0.3) is 22.2 Å². The van der Waals surface area contributed by atoms with Crippen molar-refractivity contribution in [2.24, 2.45) is 0 Å². The van der Waals surface area contributed by atoms with Crippen LogP contribution in [0.4, 0.5) is 40.8 Å². The summed E-state index contributed by atoms with van der Waals surface area (Å²) in [7, 11) is 1.06. The van der Waals surface area contributed by atoms with Crippen molar-refractivity contribution in [1.82, 2.24) is 15.3 Å². The number of nitrogens with one attached hydrogen (secondary N) is 2. The van der Waals surface area contributed by atoms with E-state index in [0.29, 0.717) is 12.1 Å². The molecule has 244 valence electrons. The second-order valence-electron chi connectivity index (χ2n) is 9.94. The van der Waals surface area contributed by atoms with E-state index in [2.05, 4.69) is 9.97 Å². The quantitative estimate of drug-likeness (QED) is 0.161. The van der Waals surface area contributed by atoms with Crippen molar-refractivity contribution in [3.63, 3.8) is 0 Å². The molecule has 0 aliphatic rings. The first-order chi connectivity index (χ1) is 21.6. The zero-order valence-electron chi connectivity index (χ0n) is 23.9. The molecule has 1 amide bonds. The van der Waals surface area contributed by atoms with Crippen LogP contribution in [0.1, 0.15) is 34.8 Å². The van der Waals surface area contributed by atoms with Gasteiger partial charge in [-0.25, -0.2) is 13.6 Å². The van der Waals surface area contributed by atoms with Crippen LogP contribution in [0.3, 0.4) is 0 Å². The minimum Gasteiger partial charge on any atom is -0.496 e. The molecule has 2 atom stereocenters. The summed E-state index contributed by atoms with van der Waals surface area (Å²) >= 11 is 0. The third kappa shape index (κ3) is 7.10. The number of ether oxygens (including phenoxy) is 1. The summed E-state index contributed by atoms with van der Waals surface area (Å²) in [5.41, 5.74) is -3.36. The number of halogens is 8. The maximum absolute atomic E-state index is 14.8. The summed E-state index contributed by atoms with van der Waals surface area (Å²) in [5, 5.41) is 14.0. The van der Waals surface area contributed by atoms with Crippen LogP contribution in [0.15, 0.2) is 54.9 Å². The number of hydrogen-bond acceptors (Lipinski definition) is 6. The highest BCUT2D eigenvalue weighted by Crippen LogP contribution is 2.43. The lowest BCUT2D eigenvalue weighted by Gasteiger charge is -2.22. The highest BCUT2D eigenvalue weighted by molar-refractivity contribution is 5.98. The van der Waals surface area contributed by atoms with Crippen LogP contribution in [0.2, 0.25) is 0 Å². The Kier molecular flexibility index (Phi) is 9.68. The molecule has 0 aliphatic carbocycles. The van der Waals surface area contributed by atoms with Gasteiger partial charge in [0.1, 0.15) is 40.6 Å². The molecule has 8 nitrogen and oxygen atoms in total. The third-order valence-electron chi connectivity index (χ3n) is 6.97. The number of nitrogens with zero attached hydrogens (tertiary/aromatic N) is 2. The Bertz CT molecular complexity index is 1760. The Morgan fingerprint density at radius 2 is 1.65 bits per heavy atom. The highest BCUT2D eigenvalue weighted by atomic mass is 19.4. The largest absolute Gasteiger partial charge is 0.496 e. The summed E-state index contributed by atoms with van der Waals surface area (Å²) in [4.78, 5) is 33.0. The van der Waals surface area contributed by atoms with Crippen LogP contribution < -0.4 is 15.4 Å². The predicted molar refractivity (Wildman–Crippen MR) is 149 cm³/mol. The molecular weight excluding hydrogens is 632 g/mol. The molecule has 4 aromatic rings. The molecule has 2 heterocycles. The number of fused-ring (bicyclic) bond motifs is 1. The second-order valence-corrected chi connectivity index (χ2v) is 9.94. The zero-order valence-corrected chi connectivity index (χ0v) is 23.9. The number of carboxylic acid groups (broad SMARTS) is 1. The number of methoxy groups -OCH3 is 1. The van der Waals surface area contributed by atoms with E-state index in [-0.39, 0.29) is 22.0 Å². The van der Waals surface area contributed by atoms with Crippen LogP contribution in [0.5, 0.6) is 5.75 Å². The number of pyridine rings is 2. The zero-order chi connectivity index (χ0) is 34.0. The van der Waals surface area contributed by atoms with Gasteiger partial charge in [-0.3, -0.25) is 14.8 Å². The Balaban J connectivity index is 1.67. The molecule has 0 spiro atoms. The van der Waals surface area contributed by atoms with Gasteiger partial charge in [-0.1, -0.05) is 25.1 Å². The summed E-state index contributed by atoms with van der Waals surface area (Å²) in [6, 6.07) is 3.47. The van der Waals surface area contributed by atoms with E-state index < -0.39 is 89.0 Å². The second kappa shape index (κ2) is 13.1. The van der Waals surface area contributed by atoms with Crippen molar-refractivity contribution in [2.75, 3.05) is 12.4 Å². The van der Waals surface area contributed by atoms with Gasteiger partial charge in [-0.05, 0) is 36.2 Å².